The third-order valence-electron chi connectivity index (χ3n) is 3.27. The van der Waals surface area contributed by atoms with Crippen LogP contribution in [0.5, 0.6) is 0 Å². The van der Waals surface area contributed by atoms with Gasteiger partial charge in [-0.2, -0.15) is 0 Å². The second kappa shape index (κ2) is 5.31. The second-order valence-electron chi connectivity index (χ2n) is 6.13. The van der Waals surface area contributed by atoms with E-state index in [1.165, 1.54) is 6.92 Å². The van der Waals surface area contributed by atoms with E-state index in [-0.39, 0.29) is 5.78 Å². The molecule has 21 heavy (non-hydrogen) atoms. The van der Waals surface area contributed by atoms with Crippen LogP contribution in [-0.2, 0) is 14.3 Å². The molecule has 5 heteroatoms. The van der Waals surface area contributed by atoms with E-state index in [1.807, 2.05) is 18.2 Å². The highest BCUT2D eigenvalue weighted by atomic mass is 16.6. The molecule has 1 saturated heterocycles. The summed E-state index contributed by atoms with van der Waals surface area (Å²) in [6.45, 7) is 6.56. The number of ether oxygens (including phenoxy) is 1. The fourth-order valence-corrected chi connectivity index (χ4v) is 2.39. The molecule has 0 spiro atoms. The highest BCUT2D eigenvalue weighted by molar-refractivity contribution is 6.11. The quantitative estimate of drug-likeness (QED) is 0.620. The number of hydrogen-bond donors (Lipinski definition) is 0. The van der Waals surface area contributed by atoms with Crippen LogP contribution in [-0.4, -0.2) is 28.3 Å². The maximum absolute atomic E-state index is 12.2. The van der Waals surface area contributed by atoms with Gasteiger partial charge in [0.05, 0.1) is 6.04 Å². The van der Waals surface area contributed by atoms with Crippen molar-refractivity contribution in [2.45, 2.75) is 39.3 Å². The number of imide groups is 1. The molecule has 0 bridgehead atoms. The van der Waals surface area contributed by atoms with Gasteiger partial charge in [0.15, 0.2) is 0 Å². The number of benzene rings is 1. The van der Waals surface area contributed by atoms with E-state index < -0.39 is 29.6 Å². The molecule has 112 valence electrons. The van der Waals surface area contributed by atoms with Crippen molar-refractivity contribution in [3.05, 3.63) is 35.9 Å². The minimum absolute atomic E-state index is 0.242. The molecule has 0 N–H and O–H groups in total. The highest BCUT2D eigenvalue weighted by Gasteiger charge is 2.54. The van der Waals surface area contributed by atoms with E-state index in [1.54, 1.807) is 32.9 Å². The molecule has 1 aliphatic rings. The number of hydrogen-bond acceptors (Lipinski definition) is 4. The number of carbonyl (C=O) groups excluding carboxylic acids is 3. The Morgan fingerprint density at radius 1 is 1.14 bits per heavy atom. The Labute approximate surface area is 123 Å². The zero-order valence-electron chi connectivity index (χ0n) is 12.6. The average Bonchev–Trinajstić information content (AvgIpc) is 2.34. The molecule has 2 rings (SSSR count). The second-order valence-corrected chi connectivity index (χ2v) is 6.13. The number of likely N-dealkylation sites (tertiary alicyclic amines) is 1. The van der Waals surface area contributed by atoms with E-state index in [2.05, 4.69) is 0 Å². The van der Waals surface area contributed by atoms with Crippen molar-refractivity contribution in [2.75, 3.05) is 0 Å². The smallest absolute Gasteiger partial charge is 0.417 e. The summed E-state index contributed by atoms with van der Waals surface area (Å²) in [5.41, 5.74) is 0.0584. The Hall–Kier alpha value is -2.17. The van der Waals surface area contributed by atoms with E-state index in [0.29, 0.717) is 0 Å². The first kappa shape index (κ1) is 15.2. The third-order valence-corrected chi connectivity index (χ3v) is 3.27. The molecular weight excluding hydrogens is 270 g/mol. The zero-order valence-corrected chi connectivity index (χ0v) is 12.6. The van der Waals surface area contributed by atoms with Crippen LogP contribution in [0.3, 0.4) is 0 Å². The van der Waals surface area contributed by atoms with Crippen LogP contribution in [0.1, 0.15) is 39.3 Å². The standard InChI is InChI=1S/C16H19NO4/c1-10(18)12-13(11-8-6-5-7-9-11)17(14(12)19)15(20)21-16(2,3)4/h5-9,12-13H,1-4H3/t12?,13-/m1/s1. The zero-order chi connectivity index (χ0) is 15.8. The summed E-state index contributed by atoms with van der Waals surface area (Å²) in [5, 5.41) is 0. The maximum atomic E-state index is 12.2. The summed E-state index contributed by atoms with van der Waals surface area (Å²) in [5.74, 6) is -1.54. The molecule has 5 nitrogen and oxygen atoms in total. The maximum Gasteiger partial charge on any atom is 0.417 e. The minimum Gasteiger partial charge on any atom is -0.443 e. The molecule has 1 aromatic rings. The van der Waals surface area contributed by atoms with E-state index in [0.717, 1.165) is 10.5 Å². The summed E-state index contributed by atoms with van der Waals surface area (Å²) in [7, 11) is 0. The first-order valence-electron chi connectivity index (χ1n) is 6.84. The minimum atomic E-state index is -0.806. The third kappa shape index (κ3) is 2.96. The van der Waals surface area contributed by atoms with Crippen molar-refractivity contribution in [1.29, 1.82) is 0 Å². The van der Waals surface area contributed by atoms with Gasteiger partial charge in [0.1, 0.15) is 17.3 Å². The van der Waals surface area contributed by atoms with Crippen molar-refractivity contribution in [1.82, 2.24) is 4.90 Å². The molecule has 0 aliphatic carbocycles. The Kier molecular flexibility index (Phi) is 3.85. The summed E-state index contributed by atoms with van der Waals surface area (Å²) in [6.07, 6.45) is -0.709. The molecular formula is C16H19NO4. The van der Waals surface area contributed by atoms with Gasteiger partial charge in [-0.3, -0.25) is 9.59 Å². The first-order chi connectivity index (χ1) is 9.72. The van der Waals surface area contributed by atoms with Crippen LogP contribution < -0.4 is 0 Å². The first-order valence-corrected chi connectivity index (χ1v) is 6.84. The Morgan fingerprint density at radius 3 is 2.19 bits per heavy atom. The topological polar surface area (TPSA) is 63.7 Å². The van der Waals surface area contributed by atoms with Gasteiger partial charge >= 0.3 is 6.09 Å². The van der Waals surface area contributed by atoms with Gasteiger partial charge in [-0.15, -0.1) is 0 Å². The van der Waals surface area contributed by atoms with Gasteiger partial charge in [-0.1, -0.05) is 30.3 Å². The number of ketones is 1. The Morgan fingerprint density at radius 2 is 1.71 bits per heavy atom. The predicted molar refractivity (Wildman–Crippen MR) is 76.4 cm³/mol. The number of carbonyl (C=O) groups is 3. The van der Waals surface area contributed by atoms with Crippen molar-refractivity contribution >= 4 is 17.8 Å². The number of β-lactam (4-membered cyclic amide) rings is 1. The van der Waals surface area contributed by atoms with Gasteiger partial charge < -0.3 is 4.74 Å². The molecule has 1 aliphatic heterocycles. The molecule has 1 unspecified atom stereocenters. The van der Waals surface area contributed by atoms with E-state index >= 15 is 0 Å². The Bertz CT molecular complexity index is 574. The molecule has 2 atom stereocenters. The average molecular weight is 289 g/mol. The van der Waals surface area contributed by atoms with Crippen molar-refractivity contribution in [3.63, 3.8) is 0 Å². The SMILES string of the molecule is CC(=O)C1C(=O)N(C(=O)OC(C)(C)C)[C@@H]1c1ccccc1. The van der Waals surface area contributed by atoms with Gasteiger partial charge in [0, 0.05) is 0 Å². The number of nitrogens with zero attached hydrogens (tertiary/aromatic N) is 1. The van der Waals surface area contributed by atoms with E-state index in [4.69, 9.17) is 4.74 Å². The van der Waals surface area contributed by atoms with Crippen LogP contribution in [0.15, 0.2) is 30.3 Å². The van der Waals surface area contributed by atoms with E-state index in [9.17, 15) is 14.4 Å². The summed E-state index contributed by atoms with van der Waals surface area (Å²) in [4.78, 5) is 37.0. The molecule has 2 amide bonds. The molecule has 0 saturated carbocycles. The van der Waals surface area contributed by atoms with Crippen LogP contribution >= 0.6 is 0 Å². The summed E-state index contributed by atoms with van der Waals surface area (Å²) in [6, 6.07) is 8.47. The monoisotopic (exact) mass is 289 g/mol. The lowest BCUT2D eigenvalue weighted by molar-refractivity contribution is -0.158. The van der Waals surface area contributed by atoms with Gasteiger partial charge in [-0.05, 0) is 33.3 Å². The summed E-state index contributed by atoms with van der Waals surface area (Å²) >= 11 is 0. The molecule has 1 fully saturated rings. The van der Waals surface area contributed by atoms with Gasteiger partial charge in [-0.25, -0.2) is 9.69 Å². The van der Waals surface area contributed by atoms with Gasteiger partial charge in [0.2, 0.25) is 5.91 Å². The fourth-order valence-electron chi connectivity index (χ4n) is 2.39. The van der Waals surface area contributed by atoms with Crippen molar-refractivity contribution < 1.29 is 19.1 Å². The van der Waals surface area contributed by atoms with Crippen LogP contribution in [0.25, 0.3) is 0 Å². The number of rotatable bonds is 2. The van der Waals surface area contributed by atoms with Crippen molar-refractivity contribution in [2.24, 2.45) is 5.92 Å². The predicted octanol–water partition coefficient (Wildman–Crippen LogP) is 2.71. The fraction of sp³-hybridized carbons (Fsp3) is 0.438. The number of amides is 2. The number of Topliss-reactive ketones (excluding diaryl/α,β-unsaturated/α-hetero) is 1. The molecule has 0 radical (unpaired) electrons. The van der Waals surface area contributed by atoms with Gasteiger partial charge in [0.25, 0.3) is 0 Å². The lowest BCUT2D eigenvalue weighted by Gasteiger charge is -2.44. The molecule has 1 aromatic carbocycles. The van der Waals surface area contributed by atoms with Crippen LogP contribution in [0, 0.1) is 5.92 Å². The Balaban J connectivity index is 2.30. The lowest BCUT2D eigenvalue weighted by Crippen LogP contribution is -2.60. The molecule has 1 heterocycles. The normalized spacial score (nSPS) is 21.7. The van der Waals surface area contributed by atoms with Crippen LogP contribution in [0.2, 0.25) is 0 Å². The highest BCUT2D eigenvalue weighted by Crippen LogP contribution is 2.41. The summed E-state index contributed by atoms with van der Waals surface area (Å²) < 4.78 is 5.25. The van der Waals surface area contributed by atoms with Crippen LogP contribution in [0.4, 0.5) is 4.79 Å². The molecule has 0 aromatic heterocycles. The lowest BCUT2D eigenvalue weighted by atomic mass is 9.80. The van der Waals surface area contributed by atoms with Crippen molar-refractivity contribution in [3.8, 4) is 0 Å². The largest absolute Gasteiger partial charge is 0.443 e.